The summed E-state index contributed by atoms with van der Waals surface area (Å²) in [6, 6.07) is 6.63. The number of ether oxygens (including phenoxy) is 1. The Balaban J connectivity index is 1.89. The average molecular weight is 309 g/mol. The van der Waals surface area contributed by atoms with Crippen LogP contribution in [0, 0.1) is 5.82 Å². The lowest BCUT2D eigenvalue weighted by Crippen LogP contribution is -2.48. The molecule has 0 bridgehead atoms. The molecule has 122 valence electrons. The maximum atomic E-state index is 13.3. The Kier molecular flexibility index (Phi) is 6.15. The number of hydrogen-bond donors (Lipinski definition) is 2. The van der Waals surface area contributed by atoms with E-state index >= 15 is 0 Å². The van der Waals surface area contributed by atoms with E-state index in [1.807, 2.05) is 6.07 Å². The van der Waals surface area contributed by atoms with Crippen molar-refractivity contribution in [2.45, 2.75) is 31.4 Å². The molecule has 22 heavy (non-hydrogen) atoms. The second-order valence-electron chi connectivity index (χ2n) is 5.63. The predicted octanol–water partition coefficient (Wildman–Crippen LogP) is 1.27. The molecular weight excluding hydrogens is 285 g/mol. The van der Waals surface area contributed by atoms with Gasteiger partial charge in [0.25, 0.3) is 0 Å². The van der Waals surface area contributed by atoms with Crippen molar-refractivity contribution in [3.8, 4) is 0 Å². The first-order chi connectivity index (χ1) is 10.6. The first-order valence-corrected chi connectivity index (χ1v) is 7.65. The Morgan fingerprint density at radius 1 is 1.59 bits per heavy atom. The molecule has 0 aromatic heterocycles. The van der Waals surface area contributed by atoms with Crippen LogP contribution >= 0.6 is 0 Å². The third kappa shape index (κ3) is 4.68. The Morgan fingerprint density at radius 2 is 2.41 bits per heavy atom. The molecule has 3 N–H and O–H groups in total. The maximum absolute atomic E-state index is 13.3. The first-order valence-electron chi connectivity index (χ1n) is 7.65. The number of amides is 1. The van der Waals surface area contributed by atoms with Gasteiger partial charge < -0.3 is 20.7 Å². The largest absolute Gasteiger partial charge is 0.380 e. The second kappa shape index (κ2) is 8.10. The number of benzene rings is 1. The molecule has 1 saturated heterocycles. The van der Waals surface area contributed by atoms with E-state index in [0.717, 1.165) is 25.1 Å². The highest BCUT2D eigenvalue weighted by molar-refractivity contribution is 5.77. The molecule has 1 fully saturated rings. The van der Waals surface area contributed by atoms with Crippen molar-refractivity contribution in [2.75, 3.05) is 31.6 Å². The minimum atomic E-state index is -0.247. The third-order valence-corrected chi connectivity index (χ3v) is 3.97. The number of anilines is 1. The van der Waals surface area contributed by atoms with Crippen LogP contribution in [0.1, 0.15) is 19.3 Å². The normalized spacial score (nSPS) is 19.8. The molecule has 0 saturated carbocycles. The Morgan fingerprint density at radius 3 is 3.09 bits per heavy atom. The lowest BCUT2D eigenvalue weighted by molar-refractivity contribution is -0.124. The van der Waals surface area contributed by atoms with Crippen LogP contribution in [0.15, 0.2) is 24.3 Å². The molecule has 2 atom stereocenters. The van der Waals surface area contributed by atoms with Crippen LogP contribution in [-0.2, 0) is 9.53 Å². The lowest BCUT2D eigenvalue weighted by atomic mass is 10.0. The van der Waals surface area contributed by atoms with E-state index in [9.17, 15) is 9.18 Å². The van der Waals surface area contributed by atoms with Gasteiger partial charge in [-0.05, 0) is 31.0 Å². The van der Waals surface area contributed by atoms with E-state index in [0.29, 0.717) is 13.1 Å². The van der Waals surface area contributed by atoms with Crippen LogP contribution in [0.25, 0.3) is 0 Å². The minimum Gasteiger partial charge on any atom is -0.380 e. The molecule has 1 aliphatic rings. The molecule has 1 heterocycles. The zero-order valence-corrected chi connectivity index (χ0v) is 12.9. The summed E-state index contributed by atoms with van der Waals surface area (Å²) in [4.78, 5) is 14.1. The van der Waals surface area contributed by atoms with Gasteiger partial charge in [-0.15, -0.1) is 0 Å². The highest BCUT2D eigenvalue weighted by Gasteiger charge is 2.22. The fourth-order valence-electron chi connectivity index (χ4n) is 2.76. The van der Waals surface area contributed by atoms with E-state index in [4.69, 9.17) is 10.5 Å². The van der Waals surface area contributed by atoms with Crippen molar-refractivity contribution in [1.82, 2.24) is 5.32 Å². The van der Waals surface area contributed by atoms with Gasteiger partial charge in [0.15, 0.2) is 0 Å². The zero-order valence-electron chi connectivity index (χ0n) is 12.9. The summed E-state index contributed by atoms with van der Waals surface area (Å²) in [7, 11) is 1.55. The van der Waals surface area contributed by atoms with E-state index < -0.39 is 0 Å². The van der Waals surface area contributed by atoms with Crippen molar-refractivity contribution in [1.29, 1.82) is 0 Å². The van der Waals surface area contributed by atoms with Crippen LogP contribution < -0.4 is 16.0 Å². The molecule has 1 aromatic carbocycles. The number of methoxy groups -OCH3 is 1. The number of halogens is 1. The summed E-state index contributed by atoms with van der Waals surface area (Å²) in [5.41, 5.74) is 6.39. The highest BCUT2D eigenvalue weighted by Crippen LogP contribution is 2.20. The van der Waals surface area contributed by atoms with Gasteiger partial charge in [-0.3, -0.25) is 4.79 Å². The monoisotopic (exact) mass is 309 g/mol. The van der Waals surface area contributed by atoms with Gasteiger partial charge in [-0.25, -0.2) is 4.39 Å². The maximum Gasteiger partial charge on any atom is 0.222 e. The van der Waals surface area contributed by atoms with Crippen LogP contribution in [0.2, 0.25) is 0 Å². The highest BCUT2D eigenvalue weighted by atomic mass is 19.1. The standard InChI is InChI=1S/C16H24FN3O2/c1-22-15(10-18)9-16(21)19-13-5-3-7-20(11-13)14-6-2-4-12(17)8-14/h2,4,6,8,13,15H,3,5,7,9-11,18H2,1H3,(H,19,21). The summed E-state index contributed by atoms with van der Waals surface area (Å²) < 4.78 is 18.5. The number of nitrogens with two attached hydrogens (primary N) is 1. The molecule has 1 amide bonds. The molecule has 0 aliphatic carbocycles. The Labute approximate surface area is 130 Å². The topological polar surface area (TPSA) is 67.6 Å². The predicted molar refractivity (Wildman–Crippen MR) is 84.2 cm³/mol. The smallest absolute Gasteiger partial charge is 0.222 e. The Bertz CT molecular complexity index is 494. The summed E-state index contributed by atoms with van der Waals surface area (Å²) >= 11 is 0. The Hall–Kier alpha value is -1.66. The summed E-state index contributed by atoms with van der Waals surface area (Å²) in [5.74, 6) is -0.294. The molecule has 2 unspecified atom stereocenters. The molecule has 1 aliphatic heterocycles. The fourth-order valence-corrected chi connectivity index (χ4v) is 2.76. The average Bonchev–Trinajstić information content (AvgIpc) is 2.53. The number of carbonyl (C=O) groups is 1. The van der Waals surface area contributed by atoms with Gasteiger partial charge in [0.05, 0.1) is 12.5 Å². The number of carbonyl (C=O) groups excluding carboxylic acids is 1. The van der Waals surface area contributed by atoms with Crippen molar-refractivity contribution < 1.29 is 13.9 Å². The van der Waals surface area contributed by atoms with Crippen molar-refractivity contribution in [3.63, 3.8) is 0 Å². The van der Waals surface area contributed by atoms with Crippen LogP contribution in [0.5, 0.6) is 0 Å². The van der Waals surface area contributed by atoms with Crippen LogP contribution in [0.4, 0.5) is 10.1 Å². The molecule has 2 rings (SSSR count). The van der Waals surface area contributed by atoms with Gasteiger partial charge in [0, 0.05) is 38.5 Å². The number of rotatable bonds is 6. The van der Waals surface area contributed by atoms with Crippen LogP contribution in [-0.4, -0.2) is 44.8 Å². The fraction of sp³-hybridized carbons (Fsp3) is 0.562. The molecule has 0 spiro atoms. The molecule has 6 heteroatoms. The van der Waals surface area contributed by atoms with Gasteiger partial charge in [0.2, 0.25) is 5.91 Å². The summed E-state index contributed by atoms with van der Waals surface area (Å²) in [6.07, 6.45) is 1.91. The number of nitrogens with one attached hydrogen (secondary N) is 1. The molecule has 5 nitrogen and oxygen atoms in total. The summed E-state index contributed by atoms with van der Waals surface area (Å²) in [6.45, 7) is 1.89. The van der Waals surface area contributed by atoms with Gasteiger partial charge in [-0.2, -0.15) is 0 Å². The van der Waals surface area contributed by atoms with E-state index in [2.05, 4.69) is 10.2 Å². The van der Waals surface area contributed by atoms with Gasteiger partial charge in [-0.1, -0.05) is 6.07 Å². The minimum absolute atomic E-state index is 0.0524. The van der Waals surface area contributed by atoms with Gasteiger partial charge in [0.1, 0.15) is 5.82 Å². The zero-order chi connectivity index (χ0) is 15.9. The third-order valence-electron chi connectivity index (χ3n) is 3.97. The SMILES string of the molecule is COC(CN)CC(=O)NC1CCCN(c2cccc(F)c2)C1. The number of piperidine rings is 1. The van der Waals surface area contributed by atoms with Crippen molar-refractivity contribution in [3.05, 3.63) is 30.1 Å². The quantitative estimate of drug-likeness (QED) is 0.830. The van der Waals surface area contributed by atoms with Crippen molar-refractivity contribution in [2.24, 2.45) is 5.73 Å². The lowest BCUT2D eigenvalue weighted by Gasteiger charge is -2.35. The van der Waals surface area contributed by atoms with Crippen LogP contribution in [0.3, 0.4) is 0 Å². The number of hydrogen-bond acceptors (Lipinski definition) is 4. The molecular formula is C16H24FN3O2. The van der Waals surface area contributed by atoms with E-state index in [-0.39, 0.29) is 30.3 Å². The number of nitrogens with zero attached hydrogens (tertiary/aromatic N) is 1. The summed E-state index contributed by atoms with van der Waals surface area (Å²) in [5, 5.41) is 3.02. The van der Waals surface area contributed by atoms with E-state index in [1.165, 1.54) is 12.1 Å². The van der Waals surface area contributed by atoms with Crippen molar-refractivity contribution >= 4 is 11.6 Å². The molecule has 1 aromatic rings. The first kappa shape index (κ1) is 16.7. The molecule has 0 radical (unpaired) electrons. The van der Waals surface area contributed by atoms with Gasteiger partial charge >= 0.3 is 0 Å². The van der Waals surface area contributed by atoms with E-state index in [1.54, 1.807) is 13.2 Å². The second-order valence-corrected chi connectivity index (χ2v) is 5.63.